The molecule has 2 aromatic carbocycles. The minimum absolute atomic E-state index is 0.0535. The number of nitrogens with zero attached hydrogens (tertiary/aromatic N) is 1. The van der Waals surface area contributed by atoms with Crippen molar-refractivity contribution in [2.24, 2.45) is 0 Å². The SMILES string of the molecule is Cc1cc(F)ccc1NS(=O)(=O)c1ccc(N)cc1C#N. The second kappa shape index (κ2) is 5.42. The van der Waals surface area contributed by atoms with Crippen molar-refractivity contribution in [3.8, 4) is 6.07 Å². The molecule has 0 spiro atoms. The summed E-state index contributed by atoms with van der Waals surface area (Å²) in [6.07, 6.45) is 0. The van der Waals surface area contributed by atoms with E-state index in [-0.39, 0.29) is 16.1 Å². The van der Waals surface area contributed by atoms with Gasteiger partial charge < -0.3 is 5.73 Å². The number of nitrogens with two attached hydrogens (primary N) is 1. The van der Waals surface area contributed by atoms with Crippen molar-refractivity contribution in [1.29, 1.82) is 5.26 Å². The van der Waals surface area contributed by atoms with Crippen molar-refractivity contribution in [2.75, 3.05) is 10.5 Å². The number of rotatable bonds is 3. The van der Waals surface area contributed by atoms with E-state index < -0.39 is 15.8 Å². The van der Waals surface area contributed by atoms with Crippen LogP contribution in [0.3, 0.4) is 0 Å². The van der Waals surface area contributed by atoms with Crippen LogP contribution in [0.2, 0.25) is 0 Å². The summed E-state index contributed by atoms with van der Waals surface area (Å²) in [5, 5.41) is 9.02. The molecule has 0 aliphatic heterocycles. The first-order valence-electron chi connectivity index (χ1n) is 5.92. The number of nitrogens with one attached hydrogen (secondary N) is 1. The van der Waals surface area contributed by atoms with Crippen molar-refractivity contribution >= 4 is 21.4 Å². The zero-order valence-corrected chi connectivity index (χ0v) is 11.9. The zero-order valence-electron chi connectivity index (χ0n) is 11.1. The lowest BCUT2D eigenvalue weighted by Crippen LogP contribution is -2.15. The maximum atomic E-state index is 13.0. The van der Waals surface area contributed by atoms with Gasteiger partial charge in [0.15, 0.2) is 0 Å². The number of sulfonamides is 1. The Hall–Kier alpha value is -2.59. The number of aryl methyl sites for hydroxylation is 1. The van der Waals surface area contributed by atoms with Gasteiger partial charge in [0.1, 0.15) is 16.8 Å². The number of hydrogen-bond acceptors (Lipinski definition) is 4. The minimum atomic E-state index is -3.96. The average Bonchev–Trinajstić information content (AvgIpc) is 2.41. The molecule has 0 radical (unpaired) electrons. The zero-order chi connectivity index (χ0) is 15.6. The number of halogens is 1. The van der Waals surface area contributed by atoms with E-state index in [4.69, 9.17) is 11.0 Å². The molecule has 2 aromatic rings. The molecule has 0 amide bonds. The van der Waals surface area contributed by atoms with Crippen LogP contribution >= 0.6 is 0 Å². The van der Waals surface area contributed by atoms with Crippen molar-refractivity contribution in [1.82, 2.24) is 0 Å². The Balaban J connectivity index is 2.46. The van der Waals surface area contributed by atoms with E-state index >= 15 is 0 Å². The monoisotopic (exact) mass is 305 g/mol. The fourth-order valence-electron chi connectivity index (χ4n) is 1.81. The fourth-order valence-corrected chi connectivity index (χ4v) is 3.08. The molecule has 0 aromatic heterocycles. The standard InChI is InChI=1S/C14H12FN3O2S/c1-9-6-11(15)2-4-13(9)18-21(19,20)14-5-3-12(17)7-10(14)8-16/h2-7,18H,17H2,1H3. The number of anilines is 2. The minimum Gasteiger partial charge on any atom is -0.399 e. The van der Waals surface area contributed by atoms with Gasteiger partial charge in [0.05, 0.1) is 11.3 Å². The van der Waals surface area contributed by atoms with Gasteiger partial charge in [0.2, 0.25) is 0 Å². The smallest absolute Gasteiger partial charge is 0.263 e. The van der Waals surface area contributed by atoms with E-state index in [1.807, 2.05) is 0 Å². The molecule has 0 fully saturated rings. The predicted molar refractivity (Wildman–Crippen MR) is 77.5 cm³/mol. The van der Waals surface area contributed by atoms with Gasteiger partial charge in [-0.05, 0) is 48.9 Å². The first kappa shape index (κ1) is 14.8. The number of benzene rings is 2. The van der Waals surface area contributed by atoms with Crippen LogP contribution in [0.1, 0.15) is 11.1 Å². The Morgan fingerprint density at radius 1 is 1.24 bits per heavy atom. The number of nitrogen functional groups attached to an aromatic ring is 1. The lowest BCUT2D eigenvalue weighted by Gasteiger charge is -2.12. The van der Waals surface area contributed by atoms with Crippen LogP contribution < -0.4 is 10.5 Å². The third kappa shape index (κ3) is 3.12. The predicted octanol–water partition coefficient (Wildman–Crippen LogP) is 2.39. The molecule has 0 aliphatic carbocycles. The van der Waals surface area contributed by atoms with Crippen molar-refractivity contribution in [2.45, 2.75) is 11.8 Å². The number of nitriles is 1. The summed E-state index contributed by atoms with van der Waals surface area (Å²) in [5.74, 6) is -0.458. The van der Waals surface area contributed by atoms with E-state index in [1.165, 1.54) is 30.3 Å². The highest BCUT2D eigenvalue weighted by molar-refractivity contribution is 7.92. The van der Waals surface area contributed by atoms with Gasteiger partial charge in [0.25, 0.3) is 10.0 Å². The summed E-state index contributed by atoms with van der Waals surface area (Å²) >= 11 is 0. The third-order valence-electron chi connectivity index (χ3n) is 2.85. The van der Waals surface area contributed by atoms with Crippen LogP contribution in [0.25, 0.3) is 0 Å². The summed E-state index contributed by atoms with van der Waals surface area (Å²) in [6, 6.07) is 9.42. The molecule has 108 valence electrons. The van der Waals surface area contributed by atoms with Crippen molar-refractivity contribution < 1.29 is 12.8 Å². The molecular formula is C14H12FN3O2S. The van der Waals surface area contributed by atoms with Crippen LogP contribution in [-0.4, -0.2) is 8.42 Å². The van der Waals surface area contributed by atoms with Gasteiger partial charge in [-0.1, -0.05) is 0 Å². The van der Waals surface area contributed by atoms with E-state index in [0.29, 0.717) is 11.3 Å². The molecule has 0 heterocycles. The Bertz CT molecular complexity index is 842. The Kier molecular flexibility index (Phi) is 3.82. The van der Waals surface area contributed by atoms with E-state index in [2.05, 4.69) is 4.72 Å². The van der Waals surface area contributed by atoms with Crippen LogP contribution in [0.4, 0.5) is 15.8 Å². The highest BCUT2D eigenvalue weighted by Crippen LogP contribution is 2.23. The van der Waals surface area contributed by atoms with Gasteiger partial charge in [-0.3, -0.25) is 4.72 Å². The summed E-state index contributed by atoms with van der Waals surface area (Å²) in [6.45, 7) is 1.58. The van der Waals surface area contributed by atoms with Crippen LogP contribution in [-0.2, 0) is 10.0 Å². The molecule has 0 aliphatic rings. The van der Waals surface area contributed by atoms with Crippen LogP contribution in [0.5, 0.6) is 0 Å². The molecule has 5 nitrogen and oxygen atoms in total. The van der Waals surface area contributed by atoms with Gasteiger partial charge in [-0.15, -0.1) is 0 Å². The Labute approximate surface area is 121 Å². The van der Waals surface area contributed by atoms with Crippen molar-refractivity contribution in [3.63, 3.8) is 0 Å². The van der Waals surface area contributed by atoms with Crippen LogP contribution in [0.15, 0.2) is 41.3 Å². The first-order valence-corrected chi connectivity index (χ1v) is 7.40. The van der Waals surface area contributed by atoms with E-state index in [0.717, 1.165) is 6.07 Å². The number of hydrogen-bond donors (Lipinski definition) is 2. The molecule has 0 unspecified atom stereocenters. The van der Waals surface area contributed by atoms with Gasteiger partial charge in [-0.2, -0.15) is 5.26 Å². The molecule has 0 saturated heterocycles. The third-order valence-corrected chi connectivity index (χ3v) is 4.27. The molecule has 21 heavy (non-hydrogen) atoms. The second-order valence-corrected chi connectivity index (χ2v) is 6.08. The maximum absolute atomic E-state index is 13.0. The summed E-state index contributed by atoms with van der Waals surface area (Å²) < 4.78 is 40.0. The fraction of sp³-hybridized carbons (Fsp3) is 0.0714. The van der Waals surface area contributed by atoms with Gasteiger partial charge in [-0.25, -0.2) is 12.8 Å². The second-order valence-electron chi connectivity index (χ2n) is 4.43. The molecule has 2 rings (SSSR count). The highest BCUT2D eigenvalue weighted by Gasteiger charge is 2.19. The summed E-state index contributed by atoms with van der Waals surface area (Å²) in [5.41, 5.74) is 6.46. The molecule has 3 N–H and O–H groups in total. The summed E-state index contributed by atoms with van der Waals surface area (Å²) in [4.78, 5) is -0.178. The lowest BCUT2D eigenvalue weighted by atomic mass is 10.2. The van der Waals surface area contributed by atoms with E-state index in [9.17, 15) is 12.8 Å². The molecule has 7 heteroatoms. The molecule has 0 bridgehead atoms. The lowest BCUT2D eigenvalue weighted by molar-refractivity contribution is 0.600. The first-order chi connectivity index (χ1) is 9.83. The summed E-state index contributed by atoms with van der Waals surface area (Å²) in [7, 11) is -3.96. The molecular weight excluding hydrogens is 293 g/mol. The highest BCUT2D eigenvalue weighted by atomic mass is 32.2. The molecule has 0 atom stereocenters. The normalized spacial score (nSPS) is 10.9. The quantitative estimate of drug-likeness (QED) is 0.851. The maximum Gasteiger partial charge on any atom is 0.263 e. The van der Waals surface area contributed by atoms with Gasteiger partial charge >= 0.3 is 0 Å². The largest absolute Gasteiger partial charge is 0.399 e. The van der Waals surface area contributed by atoms with Crippen LogP contribution in [0, 0.1) is 24.1 Å². The van der Waals surface area contributed by atoms with Gasteiger partial charge in [0, 0.05) is 5.69 Å². The average molecular weight is 305 g/mol. The topological polar surface area (TPSA) is 96.0 Å². The Morgan fingerprint density at radius 2 is 1.95 bits per heavy atom. The van der Waals surface area contributed by atoms with Crippen molar-refractivity contribution in [3.05, 3.63) is 53.3 Å². The Morgan fingerprint density at radius 3 is 2.57 bits per heavy atom. The molecule has 0 saturated carbocycles. The van der Waals surface area contributed by atoms with E-state index in [1.54, 1.807) is 13.0 Å².